The van der Waals surface area contributed by atoms with Crippen molar-refractivity contribution in [1.82, 2.24) is 38.9 Å². The summed E-state index contributed by atoms with van der Waals surface area (Å²) in [6, 6.07) is 8.88. The van der Waals surface area contributed by atoms with Crippen molar-refractivity contribution in [2.75, 3.05) is 0 Å². The van der Waals surface area contributed by atoms with E-state index < -0.39 is 11.9 Å². The molecule has 8 nitrogen and oxygen atoms in total. The van der Waals surface area contributed by atoms with E-state index in [1.54, 1.807) is 23.0 Å². The van der Waals surface area contributed by atoms with Crippen LogP contribution in [0.3, 0.4) is 0 Å². The molecule has 0 saturated carbocycles. The van der Waals surface area contributed by atoms with Crippen LogP contribution in [0.5, 0.6) is 0 Å². The SMILES string of the molecule is CC(C)n1cc(C(F)(F)F)nc1-c1ccc(Cn2c(-c3ccn(C)n3)nc3cnc(Cl)nc32)cc1. The van der Waals surface area contributed by atoms with Gasteiger partial charge >= 0.3 is 6.18 Å². The molecule has 35 heavy (non-hydrogen) atoms. The zero-order chi connectivity index (χ0) is 24.9. The number of imidazole rings is 2. The molecular weight excluding hydrogens is 481 g/mol. The van der Waals surface area contributed by atoms with Gasteiger partial charge in [0.1, 0.15) is 17.0 Å². The Morgan fingerprint density at radius 1 is 1.00 bits per heavy atom. The summed E-state index contributed by atoms with van der Waals surface area (Å²) in [5, 5.41) is 4.55. The molecule has 0 spiro atoms. The summed E-state index contributed by atoms with van der Waals surface area (Å²) in [7, 11) is 1.82. The fourth-order valence-electron chi connectivity index (χ4n) is 3.86. The number of nitrogens with zero attached hydrogens (tertiary/aromatic N) is 8. The molecule has 180 valence electrons. The summed E-state index contributed by atoms with van der Waals surface area (Å²) in [4.78, 5) is 16.9. The van der Waals surface area contributed by atoms with Gasteiger partial charge in [-0.15, -0.1) is 0 Å². The molecule has 12 heteroatoms. The molecule has 5 rings (SSSR count). The monoisotopic (exact) mass is 500 g/mol. The number of benzene rings is 1. The Balaban J connectivity index is 1.53. The van der Waals surface area contributed by atoms with Crippen molar-refractivity contribution in [3.63, 3.8) is 0 Å². The lowest BCUT2D eigenvalue weighted by Crippen LogP contribution is -2.05. The topological polar surface area (TPSA) is 79.2 Å². The number of aromatic nitrogens is 8. The molecule has 0 amide bonds. The predicted molar refractivity (Wildman–Crippen MR) is 125 cm³/mol. The second-order valence-corrected chi connectivity index (χ2v) is 8.73. The first-order chi connectivity index (χ1) is 16.6. The normalized spacial score (nSPS) is 12.2. The third-order valence-electron chi connectivity index (χ3n) is 5.53. The molecule has 0 aliphatic carbocycles. The summed E-state index contributed by atoms with van der Waals surface area (Å²) in [5.74, 6) is 0.868. The van der Waals surface area contributed by atoms with Gasteiger partial charge in [-0.05, 0) is 37.1 Å². The lowest BCUT2D eigenvalue weighted by Gasteiger charge is -2.12. The van der Waals surface area contributed by atoms with E-state index in [4.69, 9.17) is 11.6 Å². The molecule has 1 aromatic carbocycles. The average molecular weight is 501 g/mol. The van der Waals surface area contributed by atoms with Crippen LogP contribution in [-0.4, -0.2) is 38.9 Å². The Morgan fingerprint density at radius 3 is 2.37 bits per heavy atom. The smallest absolute Gasteiger partial charge is 0.328 e. The maximum Gasteiger partial charge on any atom is 0.434 e. The van der Waals surface area contributed by atoms with Crippen molar-refractivity contribution in [2.45, 2.75) is 32.6 Å². The van der Waals surface area contributed by atoms with Gasteiger partial charge in [-0.3, -0.25) is 4.68 Å². The summed E-state index contributed by atoms with van der Waals surface area (Å²) in [6.45, 7) is 4.02. The Hall–Kier alpha value is -3.73. The molecule has 0 N–H and O–H groups in total. The van der Waals surface area contributed by atoms with Gasteiger partial charge in [0.05, 0.1) is 12.7 Å². The van der Waals surface area contributed by atoms with Gasteiger partial charge in [-0.25, -0.2) is 15.0 Å². The Kier molecular flexibility index (Phi) is 5.59. The van der Waals surface area contributed by atoms with Crippen molar-refractivity contribution in [1.29, 1.82) is 0 Å². The third kappa shape index (κ3) is 4.39. The largest absolute Gasteiger partial charge is 0.434 e. The maximum atomic E-state index is 13.3. The first kappa shape index (κ1) is 23.0. The lowest BCUT2D eigenvalue weighted by atomic mass is 10.1. The Bertz CT molecular complexity index is 1510. The van der Waals surface area contributed by atoms with Crippen molar-refractivity contribution < 1.29 is 13.2 Å². The highest BCUT2D eigenvalue weighted by Gasteiger charge is 2.35. The van der Waals surface area contributed by atoms with Crippen LogP contribution < -0.4 is 0 Å². The van der Waals surface area contributed by atoms with Crippen LogP contribution in [0.1, 0.15) is 31.1 Å². The van der Waals surface area contributed by atoms with E-state index in [1.807, 2.05) is 49.9 Å². The quantitative estimate of drug-likeness (QED) is 0.302. The molecule has 0 radical (unpaired) electrons. The Morgan fingerprint density at radius 2 is 1.74 bits per heavy atom. The minimum atomic E-state index is -4.51. The number of alkyl halides is 3. The molecule has 0 bridgehead atoms. The minimum absolute atomic E-state index is 0.0996. The van der Waals surface area contributed by atoms with Gasteiger partial charge in [0.15, 0.2) is 17.2 Å². The fourth-order valence-corrected chi connectivity index (χ4v) is 3.99. The van der Waals surface area contributed by atoms with Crippen LogP contribution >= 0.6 is 11.6 Å². The summed E-state index contributed by atoms with van der Waals surface area (Å²) in [6.07, 6.45) is -0.0877. The van der Waals surface area contributed by atoms with E-state index in [2.05, 4.69) is 25.0 Å². The van der Waals surface area contributed by atoms with Crippen molar-refractivity contribution >= 4 is 22.8 Å². The lowest BCUT2D eigenvalue weighted by molar-refractivity contribution is -0.140. The van der Waals surface area contributed by atoms with E-state index in [0.29, 0.717) is 34.8 Å². The van der Waals surface area contributed by atoms with Gasteiger partial charge in [-0.1, -0.05) is 24.3 Å². The molecule has 0 aliphatic rings. The number of fused-ring (bicyclic) bond motifs is 1. The summed E-state index contributed by atoms with van der Waals surface area (Å²) in [5.41, 5.74) is 2.36. The zero-order valence-electron chi connectivity index (χ0n) is 19.0. The van der Waals surface area contributed by atoms with E-state index in [9.17, 15) is 13.2 Å². The highest BCUT2D eigenvalue weighted by atomic mass is 35.5. The predicted octanol–water partition coefficient (Wildman–Crippen LogP) is 5.39. The van der Waals surface area contributed by atoms with Crippen molar-refractivity contribution in [3.05, 3.63) is 65.5 Å². The summed E-state index contributed by atoms with van der Waals surface area (Å²) < 4.78 is 44.9. The number of aryl methyl sites for hydroxylation is 1. The first-order valence-corrected chi connectivity index (χ1v) is 11.1. The average Bonchev–Trinajstić information content (AvgIpc) is 3.51. The maximum absolute atomic E-state index is 13.3. The highest BCUT2D eigenvalue weighted by Crippen LogP contribution is 2.33. The second kappa shape index (κ2) is 8.49. The minimum Gasteiger partial charge on any atom is -0.328 e. The van der Waals surface area contributed by atoms with Crippen LogP contribution in [0.2, 0.25) is 5.28 Å². The zero-order valence-corrected chi connectivity index (χ0v) is 19.7. The second-order valence-electron chi connectivity index (χ2n) is 8.39. The number of hydrogen-bond donors (Lipinski definition) is 0. The van der Waals surface area contributed by atoms with Crippen LogP contribution in [0.25, 0.3) is 34.1 Å². The van der Waals surface area contributed by atoms with Crippen LogP contribution in [0.15, 0.2) is 48.9 Å². The van der Waals surface area contributed by atoms with E-state index in [0.717, 1.165) is 11.8 Å². The molecule has 0 fully saturated rings. The Labute approximate surface area is 203 Å². The van der Waals surface area contributed by atoms with Crippen molar-refractivity contribution in [2.24, 2.45) is 7.05 Å². The van der Waals surface area contributed by atoms with Gasteiger partial charge in [0.2, 0.25) is 5.28 Å². The first-order valence-electron chi connectivity index (χ1n) is 10.7. The van der Waals surface area contributed by atoms with Gasteiger partial charge < -0.3 is 9.13 Å². The van der Waals surface area contributed by atoms with Gasteiger partial charge in [0, 0.05) is 31.0 Å². The molecule has 0 aliphatic heterocycles. The molecule has 4 aromatic heterocycles. The van der Waals surface area contributed by atoms with E-state index in [-0.39, 0.29) is 17.1 Å². The summed E-state index contributed by atoms with van der Waals surface area (Å²) >= 11 is 6.04. The number of rotatable bonds is 5. The molecule has 0 atom stereocenters. The fraction of sp³-hybridized carbons (Fsp3) is 0.261. The molecular formula is C23H20ClF3N8. The number of hydrogen-bond acceptors (Lipinski definition) is 5. The molecule has 4 heterocycles. The molecule has 5 aromatic rings. The standard InChI is InChI=1S/C23H20ClF3N8/c1-13(2)34-12-18(23(25,26)27)30-19(34)15-6-4-14(5-7-15)11-35-20(16-8-9-33(3)32-16)29-17-10-28-22(24)31-21(17)35/h4-10,12-13H,11H2,1-3H3. The van der Waals surface area contributed by atoms with Crippen LogP contribution in [0.4, 0.5) is 13.2 Å². The van der Waals surface area contributed by atoms with Crippen LogP contribution in [0, 0.1) is 0 Å². The van der Waals surface area contributed by atoms with Crippen LogP contribution in [-0.2, 0) is 19.8 Å². The van der Waals surface area contributed by atoms with Gasteiger partial charge in [-0.2, -0.15) is 23.3 Å². The number of halogens is 4. The molecule has 0 saturated heterocycles. The van der Waals surface area contributed by atoms with E-state index in [1.165, 1.54) is 4.57 Å². The third-order valence-corrected chi connectivity index (χ3v) is 5.72. The van der Waals surface area contributed by atoms with Gasteiger partial charge in [0.25, 0.3) is 0 Å². The molecule has 0 unspecified atom stereocenters. The van der Waals surface area contributed by atoms with E-state index >= 15 is 0 Å². The van der Waals surface area contributed by atoms with Crippen molar-refractivity contribution in [3.8, 4) is 22.9 Å². The highest BCUT2D eigenvalue weighted by molar-refractivity contribution is 6.28.